The van der Waals surface area contributed by atoms with Crippen molar-refractivity contribution < 1.29 is 23.5 Å². The molecule has 0 saturated carbocycles. The highest BCUT2D eigenvalue weighted by molar-refractivity contribution is 5.98. The lowest BCUT2D eigenvalue weighted by Crippen LogP contribution is -2.32. The van der Waals surface area contributed by atoms with Crippen LogP contribution >= 0.6 is 0 Å². The van der Waals surface area contributed by atoms with E-state index in [1.165, 1.54) is 0 Å². The Morgan fingerprint density at radius 1 is 1.03 bits per heavy atom. The van der Waals surface area contributed by atoms with Crippen LogP contribution in [0.3, 0.4) is 0 Å². The van der Waals surface area contributed by atoms with Gasteiger partial charge in [-0.1, -0.05) is 24.3 Å². The molecular weight excluding hydrogens is 372 g/mol. The molecular formula is C22H22N2O5. The smallest absolute Gasteiger partial charge is 0.287 e. The van der Waals surface area contributed by atoms with Crippen molar-refractivity contribution in [1.29, 1.82) is 0 Å². The second-order valence-corrected chi connectivity index (χ2v) is 6.28. The fourth-order valence-corrected chi connectivity index (χ4v) is 2.60. The lowest BCUT2D eigenvalue weighted by Gasteiger charge is -2.08. The molecule has 7 heteroatoms. The number of furan rings is 1. The number of carbonyl (C=O) groups is 2. The molecule has 0 spiro atoms. The third-order valence-electron chi connectivity index (χ3n) is 4.11. The van der Waals surface area contributed by atoms with Gasteiger partial charge in [0.25, 0.3) is 5.91 Å². The summed E-state index contributed by atoms with van der Waals surface area (Å²) >= 11 is 0. The maximum atomic E-state index is 12.2. The Bertz CT molecular complexity index is 996. The predicted octanol–water partition coefficient (Wildman–Crippen LogP) is 3.54. The highest BCUT2D eigenvalue weighted by atomic mass is 16.5. The Morgan fingerprint density at radius 3 is 2.66 bits per heavy atom. The van der Waals surface area contributed by atoms with Crippen LogP contribution in [0.2, 0.25) is 0 Å². The number of ether oxygens (including phenoxy) is 2. The van der Waals surface area contributed by atoms with E-state index in [0.717, 1.165) is 11.3 Å². The van der Waals surface area contributed by atoms with E-state index in [9.17, 15) is 9.59 Å². The van der Waals surface area contributed by atoms with Gasteiger partial charge in [-0.15, -0.1) is 0 Å². The quantitative estimate of drug-likeness (QED) is 0.610. The van der Waals surface area contributed by atoms with Crippen LogP contribution in [0.1, 0.15) is 21.9 Å². The maximum absolute atomic E-state index is 12.2. The normalized spacial score (nSPS) is 10.3. The molecule has 2 amide bonds. The summed E-state index contributed by atoms with van der Waals surface area (Å²) in [6.45, 7) is 1.97. The number of anilines is 1. The number of hydrogen-bond acceptors (Lipinski definition) is 5. The van der Waals surface area contributed by atoms with Crippen LogP contribution in [0, 0.1) is 6.92 Å². The molecule has 150 valence electrons. The van der Waals surface area contributed by atoms with E-state index in [1.54, 1.807) is 43.5 Å². The summed E-state index contributed by atoms with van der Waals surface area (Å²) in [7, 11) is 1.55. The van der Waals surface area contributed by atoms with Crippen LogP contribution in [0.5, 0.6) is 11.5 Å². The third-order valence-corrected chi connectivity index (χ3v) is 4.11. The van der Waals surface area contributed by atoms with Crippen molar-refractivity contribution >= 4 is 17.5 Å². The molecule has 0 aliphatic carbocycles. The van der Waals surface area contributed by atoms with Gasteiger partial charge in [0.05, 0.1) is 13.7 Å². The number of nitrogens with one attached hydrogen (secondary N) is 2. The van der Waals surface area contributed by atoms with Gasteiger partial charge in [0.15, 0.2) is 5.76 Å². The fraction of sp³-hybridized carbons (Fsp3) is 0.182. The fourth-order valence-electron chi connectivity index (χ4n) is 2.60. The van der Waals surface area contributed by atoms with Crippen molar-refractivity contribution in [3.05, 3.63) is 77.7 Å². The average molecular weight is 394 g/mol. The first-order valence-corrected chi connectivity index (χ1v) is 9.04. The zero-order valence-corrected chi connectivity index (χ0v) is 16.2. The molecule has 1 heterocycles. The predicted molar refractivity (Wildman–Crippen MR) is 108 cm³/mol. The van der Waals surface area contributed by atoms with Gasteiger partial charge in [0, 0.05) is 11.8 Å². The minimum absolute atomic E-state index is 0.113. The van der Waals surface area contributed by atoms with Crippen molar-refractivity contribution in [3.8, 4) is 11.5 Å². The van der Waals surface area contributed by atoms with Crippen molar-refractivity contribution in [3.63, 3.8) is 0 Å². The molecule has 2 N–H and O–H groups in total. The number of para-hydroxylation sites is 1. The second kappa shape index (κ2) is 9.45. The Kier molecular flexibility index (Phi) is 6.52. The number of carbonyl (C=O) groups excluding carboxylic acids is 2. The van der Waals surface area contributed by atoms with Gasteiger partial charge in [0.2, 0.25) is 5.91 Å². The number of amides is 2. The lowest BCUT2D eigenvalue weighted by molar-refractivity contribution is -0.115. The maximum Gasteiger partial charge on any atom is 0.287 e. The highest BCUT2D eigenvalue weighted by Gasteiger charge is 2.13. The van der Waals surface area contributed by atoms with Crippen molar-refractivity contribution in [2.45, 2.75) is 13.5 Å². The number of rotatable bonds is 8. The van der Waals surface area contributed by atoms with E-state index in [2.05, 4.69) is 10.6 Å². The van der Waals surface area contributed by atoms with E-state index < -0.39 is 5.91 Å². The molecule has 0 saturated heterocycles. The van der Waals surface area contributed by atoms with Gasteiger partial charge in [-0.2, -0.15) is 0 Å². The minimum Gasteiger partial charge on any atom is -0.497 e. The first-order valence-electron chi connectivity index (χ1n) is 9.04. The SMILES string of the molecule is COc1cccc(NC(=O)CNC(=O)c2ccc(COc3ccccc3C)o2)c1. The van der Waals surface area contributed by atoms with Crippen molar-refractivity contribution in [2.75, 3.05) is 19.0 Å². The zero-order chi connectivity index (χ0) is 20.6. The van der Waals surface area contributed by atoms with E-state index in [0.29, 0.717) is 17.2 Å². The molecule has 0 bridgehead atoms. The summed E-state index contributed by atoms with van der Waals surface area (Å²) in [5, 5.41) is 5.22. The minimum atomic E-state index is -0.479. The van der Waals surface area contributed by atoms with E-state index in [1.807, 2.05) is 31.2 Å². The molecule has 7 nitrogen and oxygen atoms in total. The number of benzene rings is 2. The van der Waals surface area contributed by atoms with Crippen LogP contribution in [0.15, 0.2) is 65.1 Å². The first-order chi connectivity index (χ1) is 14.0. The monoisotopic (exact) mass is 394 g/mol. The second-order valence-electron chi connectivity index (χ2n) is 6.28. The van der Waals surface area contributed by atoms with Crippen molar-refractivity contribution in [1.82, 2.24) is 5.32 Å². The topological polar surface area (TPSA) is 89.8 Å². The van der Waals surface area contributed by atoms with Crippen LogP contribution < -0.4 is 20.1 Å². The molecule has 3 rings (SSSR count). The molecule has 1 aromatic heterocycles. The van der Waals surface area contributed by atoms with Crippen LogP contribution in [-0.4, -0.2) is 25.5 Å². The van der Waals surface area contributed by atoms with Gasteiger partial charge in [-0.05, 0) is 42.8 Å². The summed E-state index contributed by atoms with van der Waals surface area (Å²) in [5.41, 5.74) is 1.59. The molecule has 0 radical (unpaired) electrons. The Balaban J connectivity index is 1.48. The van der Waals surface area contributed by atoms with Crippen molar-refractivity contribution in [2.24, 2.45) is 0 Å². The standard InChI is InChI=1S/C22H22N2O5/c1-15-6-3-4-9-19(15)28-14-18-10-11-20(29-18)22(26)23-13-21(25)24-16-7-5-8-17(12-16)27-2/h3-12H,13-14H2,1-2H3,(H,23,26)(H,24,25). The molecule has 0 unspecified atom stereocenters. The van der Waals surface area contributed by atoms with Crippen LogP contribution in [0.25, 0.3) is 0 Å². The summed E-state index contributed by atoms with van der Waals surface area (Å²) in [5.74, 6) is 1.17. The summed E-state index contributed by atoms with van der Waals surface area (Å²) in [6.07, 6.45) is 0. The number of hydrogen-bond donors (Lipinski definition) is 2. The van der Waals surface area contributed by atoms with Crippen LogP contribution in [0.4, 0.5) is 5.69 Å². The summed E-state index contributed by atoms with van der Waals surface area (Å²) in [4.78, 5) is 24.2. The van der Waals surface area contributed by atoms with E-state index >= 15 is 0 Å². The number of methoxy groups -OCH3 is 1. The Morgan fingerprint density at radius 2 is 1.86 bits per heavy atom. The molecule has 29 heavy (non-hydrogen) atoms. The number of aryl methyl sites for hydroxylation is 1. The van der Waals surface area contributed by atoms with Gasteiger partial charge in [-0.3, -0.25) is 9.59 Å². The largest absolute Gasteiger partial charge is 0.497 e. The molecule has 0 aliphatic rings. The third kappa shape index (κ3) is 5.62. The van der Waals surface area contributed by atoms with E-state index in [-0.39, 0.29) is 24.8 Å². The highest BCUT2D eigenvalue weighted by Crippen LogP contribution is 2.19. The summed E-state index contributed by atoms with van der Waals surface area (Å²) < 4.78 is 16.3. The molecule has 3 aromatic rings. The first kappa shape index (κ1) is 20.0. The van der Waals surface area contributed by atoms with Gasteiger partial charge in [-0.25, -0.2) is 0 Å². The summed E-state index contributed by atoms with van der Waals surface area (Å²) in [6, 6.07) is 17.8. The Labute approximate surface area is 168 Å². The Hall–Kier alpha value is -3.74. The van der Waals surface area contributed by atoms with Gasteiger partial charge < -0.3 is 24.5 Å². The van der Waals surface area contributed by atoms with Crippen LogP contribution in [-0.2, 0) is 11.4 Å². The zero-order valence-electron chi connectivity index (χ0n) is 16.2. The molecule has 0 atom stereocenters. The molecule has 0 aliphatic heterocycles. The van der Waals surface area contributed by atoms with Gasteiger partial charge in [0.1, 0.15) is 23.9 Å². The lowest BCUT2D eigenvalue weighted by atomic mass is 10.2. The molecule has 2 aromatic carbocycles. The molecule has 0 fully saturated rings. The van der Waals surface area contributed by atoms with Gasteiger partial charge >= 0.3 is 0 Å². The average Bonchev–Trinajstić information content (AvgIpc) is 3.21. The van der Waals surface area contributed by atoms with E-state index in [4.69, 9.17) is 13.9 Å².